The molecule has 0 aromatic heterocycles. The van der Waals surface area contributed by atoms with E-state index >= 15 is 0 Å². The first kappa shape index (κ1) is 11.5. The van der Waals surface area contributed by atoms with Crippen LogP contribution in [-0.2, 0) is 4.79 Å². The Morgan fingerprint density at radius 2 is 1.82 bits per heavy atom. The van der Waals surface area contributed by atoms with Crippen molar-refractivity contribution in [1.82, 2.24) is 10.2 Å². The molecule has 1 aliphatic carbocycles. The van der Waals surface area contributed by atoms with Crippen LogP contribution in [-0.4, -0.2) is 37.0 Å². The average molecular weight is 236 g/mol. The molecule has 17 heavy (non-hydrogen) atoms. The lowest BCUT2D eigenvalue weighted by atomic mass is 9.77. The number of nitrogens with zero attached hydrogens (tertiary/aromatic N) is 1. The molecule has 96 valence electrons. The van der Waals surface area contributed by atoms with Gasteiger partial charge >= 0.3 is 0 Å². The molecule has 3 fully saturated rings. The third-order valence-electron chi connectivity index (χ3n) is 5.13. The maximum atomic E-state index is 12.4. The molecule has 1 N–H and O–H groups in total. The predicted molar refractivity (Wildman–Crippen MR) is 67.7 cm³/mol. The van der Waals surface area contributed by atoms with Gasteiger partial charge in [0.05, 0.1) is 0 Å². The molecule has 1 unspecified atom stereocenters. The van der Waals surface area contributed by atoms with Crippen molar-refractivity contribution in [1.29, 1.82) is 0 Å². The number of amides is 1. The van der Waals surface area contributed by atoms with E-state index in [0.29, 0.717) is 17.2 Å². The zero-order valence-corrected chi connectivity index (χ0v) is 10.7. The molecule has 3 rings (SSSR count). The fourth-order valence-electron chi connectivity index (χ4n) is 4.02. The smallest absolute Gasteiger partial charge is 0.225 e. The van der Waals surface area contributed by atoms with Crippen LogP contribution in [0.1, 0.15) is 44.9 Å². The molecule has 3 aliphatic rings. The number of hydrogen-bond donors (Lipinski definition) is 1. The molecule has 1 atom stereocenters. The fourth-order valence-corrected chi connectivity index (χ4v) is 4.02. The number of hydrogen-bond acceptors (Lipinski definition) is 2. The van der Waals surface area contributed by atoms with Gasteiger partial charge in [0, 0.05) is 19.0 Å². The highest BCUT2D eigenvalue weighted by Crippen LogP contribution is 2.48. The van der Waals surface area contributed by atoms with Crippen molar-refractivity contribution in [3.63, 3.8) is 0 Å². The van der Waals surface area contributed by atoms with Crippen LogP contribution in [0.25, 0.3) is 0 Å². The fraction of sp³-hybridized carbons (Fsp3) is 0.929. The second-order valence-corrected chi connectivity index (χ2v) is 6.22. The molecular formula is C14H24N2O. The van der Waals surface area contributed by atoms with E-state index in [4.69, 9.17) is 0 Å². The van der Waals surface area contributed by atoms with Gasteiger partial charge in [0.15, 0.2) is 0 Å². The van der Waals surface area contributed by atoms with Crippen LogP contribution >= 0.6 is 0 Å². The standard InChI is InChI=1S/C14H24N2O/c17-13(16-9-1-2-10-16)12-3-4-14(11-12)5-7-15-8-6-14/h12,15H,1-11H2. The van der Waals surface area contributed by atoms with Gasteiger partial charge in [-0.25, -0.2) is 0 Å². The van der Waals surface area contributed by atoms with Gasteiger partial charge < -0.3 is 10.2 Å². The first-order valence-corrected chi connectivity index (χ1v) is 7.29. The topological polar surface area (TPSA) is 32.3 Å². The summed E-state index contributed by atoms with van der Waals surface area (Å²) in [5.74, 6) is 0.823. The van der Waals surface area contributed by atoms with Gasteiger partial charge in [0.2, 0.25) is 5.91 Å². The van der Waals surface area contributed by atoms with Crippen LogP contribution in [0.4, 0.5) is 0 Å². The van der Waals surface area contributed by atoms with Gasteiger partial charge in [0.1, 0.15) is 0 Å². The highest BCUT2D eigenvalue weighted by atomic mass is 16.2. The van der Waals surface area contributed by atoms with E-state index in [-0.39, 0.29) is 0 Å². The van der Waals surface area contributed by atoms with Crippen molar-refractivity contribution in [3.05, 3.63) is 0 Å². The average Bonchev–Trinajstić information content (AvgIpc) is 2.99. The van der Waals surface area contributed by atoms with Gasteiger partial charge in [-0.3, -0.25) is 4.79 Å². The molecule has 2 aliphatic heterocycles. The number of rotatable bonds is 1. The van der Waals surface area contributed by atoms with E-state index in [1.807, 2.05) is 0 Å². The first-order valence-electron chi connectivity index (χ1n) is 7.29. The Balaban J connectivity index is 1.60. The van der Waals surface area contributed by atoms with Crippen molar-refractivity contribution >= 4 is 5.91 Å². The van der Waals surface area contributed by atoms with Gasteiger partial charge in [-0.1, -0.05) is 0 Å². The summed E-state index contributed by atoms with van der Waals surface area (Å²) < 4.78 is 0. The lowest BCUT2D eigenvalue weighted by Crippen LogP contribution is -2.37. The molecule has 2 heterocycles. The van der Waals surface area contributed by atoms with Crippen LogP contribution in [0, 0.1) is 11.3 Å². The third-order valence-corrected chi connectivity index (χ3v) is 5.13. The van der Waals surface area contributed by atoms with Crippen LogP contribution in [0.15, 0.2) is 0 Å². The minimum absolute atomic E-state index is 0.353. The molecule has 1 spiro atoms. The molecule has 0 bridgehead atoms. The second-order valence-electron chi connectivity index (χ2n) is 6.22. The van der Waals surface area contributed by atoms with Gasteiger partial charge in [-0.05, 0) is 63.5 Å². The molecular weight excluding hydrogens is 212 g/mol. The van der Waals surface area contributed by atoms with Crippen LogP contribution in [0.2, 0.25) is 0 Å². The minimum Gasteiger partial charge on any atom is -0.342 e. The highest BCUT2D eigenvalue weighted by Gasteiger charge is 2.43. The van der Waals surface area contributed by atoms with Gasteiger partial charge in [-0.2, -0.15) is 0 Å². The summed E-state index contributed by atoms with van der Waals surface area (Å²) in [6.45, 7) is 4.35. The molecule has 1 saturated carbocycles. The van der Waals surface area contributed by atoms with Crippen molar-refractivity contribution in [2.45, 2.75) is 44.9 Å². The second kappa shape index (κ2) is 4.60. The minimum atomic E-state index is 0.353. The quantitative estimate of drug-likeness (QED) is 0.752. The lowest BCUT2D eigenvalue weighted by molar-refractivity contribution is -0.134. The summed E-state index contributed by atoms with van der Waals surface area (Å²) in [5, 5.41) is 3.44. The number of carbonyl (C=O) groups is 1. The Morgan fingerprint density at radius 1 is 1.12 bits per heavy atom. The summed E-state index contributed by atoms with van der Waals surface area (Å²) in [6.07, 6.45) is 8.62. The van der Waals surface area contributed by atoms with E-state index in [2.05, 4.69) is 10.2 Å². The van der Waals surface area contributed by atoms with Crippen molar-refractivity contribution in [2.75, 3.05) is 26.2 Å². The van der Waals surface area contributed by atoms with E-state index in [1.54, 1.807) is 0 Å². The monoisotopic (exact) mass is 236 g/mol. The number of piperidine rings is 1. The largest absolute Gasteiger partial charge is 0.342 e. The normalized spacial score (nSPS) is 32.2. The van der Waals surface area contributed by atoms with E-state index in [9.17, 15) is 4.79 Å². The summed E-state index contributed by atoms with van der Waals surface area (Å²) in [6, 6.07) is 0. The highest BCUT2D eigenvalue weighted by molar-refractivity contribution is 5.79. The molecule has 2 saturated heterocycles. The molecule has 1 amide bonds. The Kier molecular flexibility index (Phi) is 3.12. The van der Waals surface area contributed by atoms with Gasteiger partial charge in [-0.15, -0.1) is 0 Å². The summed E-state index contributed by atoms with van der Waals surface area (Å²) in [4.78, 5) is 14.5. The molecule has 0 aromatic carbocycles. The SMILES string of the molecule is O=C(C1CCC2(CCNCC2)C1)N1CCCC1. The zero-order valence-electron chi connectivity index (χ0n) is 10.7. The lowest BCUT2D eigenvalue weighted by Gasteiger charge is -2.34. The maximum Gasteiger partial charge on any atom is 0.225 e. The maximum absolute atomic E-state index is 12.4. The van der Waals surface area contributed by atoms with E-state index in [1.165, 1.54) is 38.5 Å². The van der Waals surface area contributed by atoms with E-state index < -0.39 is 0 Å². The first-order chi connectivity index (χ1) is 8.29. The number of likely N-dealkylation sites (tertiary alicyclic amines) is 1. The molecule has 3 heteroatoms. The Morgan fingerprint density at radius 3 is 2.53 bits per heavy atom. The number of nitrogens with one attached hydrogen (secondary N) is 1. The third kappa shape index (κ3) is 2.22. The van der Waals surface area contributed by atoms with Crippen LogP contribution in [0.3, 0.4) is 0 Å². The Labute approximate surface area is 104 Å². The predicted octanol–water partition coefficient (Wildman–Crippen LogP) is 1.78. The summed E-state index contributed by atoms with van der Waals surface area (Å²) >= 11 is 0. The number of carbonyl (C=O) groups excluding carboxylic acids is 1. The van der Waals surface area contributed by atoms with Crippen molar-refractivity contribution < 1.29 is 4.79 Å². The zero-order chi connectivity index (χ0) is 11.7. The molecule has 0 aromatic rings. The van der Waals surface area contributed by atoms with Crippen LogP contribution in [0.5, 0.6) is 0 Å². The Bertz CT molecular complexity index is 291. The van der Waals surface area contributed by atoms with Crippen LogP contribution < -0.4 is 5.32 Å². The summed E-state index contributed by atoms with van der Waals surface area (Å²) in [5.41, 5.74) is 0.519. The molecule has 3 nitrogen and oxygen atoms in total. The Hall–Kier alpha value is -0.570. The van der Waals surface area contributed by atoms with Gasteiger partial charge in [0.25, 0.3) is 0 Å². The van der Waals surface area contributed by atoms with Crippen molar-refractivity contribution in [2.24, 2.45) is 11.3 Å². The van der Waals surface area contributed by atoms with E-state index in [0.717, 1.165) is 32.6 Å². The molecule has 0 radical (unpaired) electrons. The van der Waals surface area contributed by atoms with Crippen molar-refractivity contribution in [3.8, 4) is 0 Å². The summed E-state index contributed by atoms with van der Waals surface area (Å²) in [7, 11) is 0.